The standard InChI is InChI=1S/C47H30N4.C45H28N4.C41H26N4/c1-3-11-36-29-38(23-19-31(36)9-1)46-48-45(49-47(50-46)39-24-20-32-10-2-4-12-37(32)30-39)35-21-17-33(18-22-35)34-25-27-40(28-26-34)51-43-15-7-5-13-41(43)42-14-6-8-16-44(42)51;1-3-12-31-26-34(22-20-29(31)10-1)43-46-44(35-23-21-30-11-2-4-13-32(30)27-35)48-45(47-43)40-17-9-14-33-28-36(24-25-37(33)40)49-41-18-7-5-15-38(41)39-16-6-8-19-42(39)49;1-2-12-29(13-3-1)39-42-40(31-23-21-27-11-4-5-14-30(27)25-31)44-41(43-39)32-24-22-28-15-10-20-38(35(28)26-32)45-36-18-8-6-16-33(36)34-17-7-9-19-37(34)45/h1-30H;1-28H;1-26H. The average molecular weight is 1850 g/mol. The van der Waals surface area contributed by atoms with Crippen LogP contribution < -0.4 is 0 Å². The number of aromatic nitrogens is 12. The lowest BCUT2D eigenvalue weighted by molar-refractivity contribution is 1.07. The molecule has 12 heteroatoms. The van der Waals surface area contributed by atoms with Crippen LogP contribution in [0, 0.1) is 0 Å². The summed E-state index contributed by atoms with van der Waals surface area (Å²) in [4.78, 5) is 45.5. The maximum absolute atomic E-state index is 5.15. The molecule has 0 spiro atoms. The van der Waals surface area contributed by atoms with Gasteiger partial charge < -0.3 is 13.7 Å². The Bertz CT molecular complexity index is 9840. The van der Waals surface area contributed by atoms with Crippen LogP contribution in [0.3, 0.4) is 0 Å². The molecule has 0 radical (unpaired) electrons. The molecule has 0 bridgehead atoms. The summed E-state index contributed by atoms with van der Waals surface area (Å²) in [5.41, 5.74) is 21.4. The maximum atomic E-state index is 5.15. The molecule has 6 heterocycles. The van der Waals surface area contributed by atoms with Crippen LogP contribution in [0.2, 0.25) is 0 Å². The molecule has 0 amide bonds. The fourth-order valence-corrected chi connectivity index (χ4v) is 20.9. The highest BCUT2D eigenvalue weighted by Crippen LogP contribution is 2.43. The second-order valence-electron chi connectivity index (χ2n) is 36.8. The molecule has 676 valence electrons. The van der Waals surface area contributed by atoms with E-state index in [1.54, 1.807) is 0 Å². The van der Waals surface area contributed by atoms with E-state index in [1.807, 2.05) is 30.3 Å². The SMILES string of the molecule is c1ccc(-c2nc(-c3ccc4ccccc4c3)nc(-c3ccc4cccc(-n5c6ccccc6c6ccccc65)c4c3)n2)cc1.c1ccc2cc(-c3nc(-c4ccc(-c5ccc(-n6c7ccccc7c7ccccc76)cc5)cc4)nc(-c4ccc5ccccc5c4)n3)ccc2c1.c1ccc2cc(-c3nc(-c4ccc5ccccc5c4)nc(-c4cccc5cc(-n6c7ccccc7c7ccccc76)ccc45)n3)ccc2c1. The lowest BCUT2D eigenvalue weighted by Gasteiger charge is -2.13. The Hall–Kier alpha value is -19.7. The molecule has 6 aromatic heterocycles. The number of para-hydroxylation sites is 6. The van der Waals surface area contributed by atoms with E-state index in [1.165, 1.54) is 92.3 Å². The van der Waals surface area contributed by atoms with Crippen LogP contribution in [0.4, 0.5) is 0 Å². The first-order valence-electron chi connectivity index (χ1n) is 48.8. The van der Waals surface area contributed by atoms with Crippen LogP contribution in [0.1, 0.15) is 0 Å². The van der Waals surface area contributed by atoms with Gasteiger partial charge >= 0.3 is 0 Å². The molecule has 0 fully saturated rings. The van der Waals surface area contributed by atoms with Crippen molar-refractivity contribution < 1.29 is 0 Å². The molecule has 0 aliphatic heterocycles. The Labute approximate surface area is 833 Å². The molecule has 0 unspecified atom stereocenters. The van der Waals surface area contributed by atoms with Gasteiger partial charge in [-0.2, -0.15) is 0 Å². The Kier molecular flexibility index (Phi) is 21.0. The van der Waals surface area contributed by atoms with Gasteiger partial charge in [0.2, 0.25) is 0 Å². The van der Waals surface area contributed by atoms with Crippen molar-refractivity contribution in [3.63, 3.8) is 0 Å². The summed E-state index contributed by atoms with van der Waals surface area (Å²) in [7, 11) is 0. The molecule has 145 heavy (non-hydrogen) atoms. The van der Waals surface area contributed by atoms with Crippen LogP contribution >= 0.6 is 0 Å². The lowest BCUT2D eigenvalue weighted by atomic mass is 10.0. The number of hydrogen-bond acceptors (Lipinski definition) is 9. The van der Waals surface area contributed by atoms with Crippen LogP contribution in [0.15, 0.2) is 510 Å². The van der Waals surface area contributed by atoms with Gasteiger partial charge in [-0.25, -0.2) is 44.9 Å². The molecule has 29 aromatic rings. The summed E-state index contributed by atoms with van der Waals surface area (Å²) >= 11 is 0. The molecular formula is C133H84N12. The molecule has 0 aliphatic carbocycles. The van der Waals surface area contributed by atoms with Crippen molar-refractivity contribution in [3.8, 4) is 131 Å². The largest absolute Gasteiger partial charge is 0.309 e. The third kappa shape index (κ3) is 15.7. The number of hydrogen-bond donors (Lipinski definition) is 0. The minimum atomic E-state index is 0.643. The Balaban J connectivity index is 0.000000108. The number of nitrogens with zero attached hydrogens (tertiary/aromatic N) is 12. The highest BCUT2D eigenvalue weighted by atomic mass is 15.1. The monoisotopic (exact) mass is 1850 g/mol. The van der Waals surface area contributed by atoms with Gasteiger partial charge in [0, 0.05) is 99.1 Å². The fourth-order valence-electron chi connectivity index (χ4n) is 20.9. The van der Waals surface area contributed by atoms with Gasteiger partial charge in [-0.3, -0.25) is 0 Å². The minimum Gasteiger partial charge on any atom is -0.309 e. The van der Waals surface area contributed by atoms with E-state index >= 15 is 0 Å². The summed E-state index contributed by atoms with van der Waals surface area (Å²) in [5, 5.41) is 23.7. The smallest absolute Gasteiger partial charge is 0.164 e. The second kappa shape index (κ2) is 35.9. The summed E-state index contributed by atoms with van der Waals surface area (Å²) < 4.78 is 7.08. The normalized spacial score (nSPS) is 11.6. The van der Waals surface area contributed by atoms with Gasteiger partial charge in [0.25, 0.3) is 0 Å². The predicted octanol–water partition coefficient (Wildman–Crippen LogP) is 33.6. The number of benzene rings is 23. The molecule has 0 saturated heterocycles. The second-order valence-corrected chi connectivity index (χ2v) is 36.8. The molecule has 12 nitrogen and oxygen atoms in total. The van der Waals surface area contributed by atoms with E-state index in [2.05, 4.69) is 493 Å². The van der Waals surface area contributed by atoms with Crippen molar-refractivity contribution in [2.24, 2.45) is 0 Å². The summed E-state index contributed by atoms with van der Waals surface area (Å²) in [6, 6.07) is 179. The summed E-state index contributed by atoms with van der Waals surface area (Å²) in [6.45, 7) is 0. The van der Waals surface area contributed by atoms with Gasteiger partial charge in [-0.05, 0) is 184 Å². The van der Waals surface area contributed by atoms with E-state index in [9.17, 15) is 0 Å². The Morgan fingerprint density at radius 1 is 0.117 bits per heavy atom. The van der Waals surface area contributed by atoms with E-state index in [-0.39, 0.29) is 0 Å². The van der Waals surface area contributed by atoms with Crippen molar-refractivity contribution >= 4 is 141 Å². The zero-order chi connectivity index (χ0) is 95.8. The third-order valence-electron chi connectivity index (χ3n) is 28.0. The predicted molar refractivity (Wildman–Crippen MR) is 599 cm³/mol. The highest BCUT2D eigenvalue weighted by Gasteiger charge is 2.24. The maximum Gasteiger partial charge on any atom is 0.164 e. The third-order valence-corrected chi connectivity index (χ3v) is 28.0. The first-order chi connectivity index (χ1) is 71.8. The Morgan fingerprint density at radius 2 is 0.366 bits per heavy atom. The average Bonchev–Trinajstić information content (AvgIpc) is 1.49. The van der Waals surface area contributed by atoms with Crippen molar-refractivity contribution in [2.75, 3.05) is 0 Å². The first kappa shape index (κ1) is 84.6. The summed E-state index contributed by atoms with van der Waals surface area (Å²) in [5.74, 6) is 5.85. The molecule has 0 aliphatic rings. The fraction of sp³-hybridized carbons (Fsp3) is 0. The van der Waals surface area contributed by atoms with Gasteiger partial charge in [0.05, 0.1) is 38.8 Å². The van der Waals surface area contributed by atoms with Crippen molar-refractivity contribution in [1.82, 2.24) is 58.6 Å². The number of rotatable bonds is 13. The van der Waals surface area contributed by atoms with Crippen molar-refractivity contribution in [2.45, 2.75) is 0 Å². The zero-order valence-electron chi connectivity index (χ0n) is 78.4. The van der Waals surface area contributed by atoms with Crippen LogP contribution in [0.5, 0.6) is 0 Å². The topological polar surface area (TPSA) is 131 Å². The molecule has 0 atom stereocenters. The van der Waals surface area contributed by atoms with Crippen LogP contribution in [-0.2, 0) is 0 Å². The zero-order valence-corrected chi connectivity index (χ0v) is 78.4. The van der Waals surface area contributed by atoms with Gasteiger partial charge in [0.1, 0.15) is 0 Å². The van der Waals surface area contributed by atoms with E-state index < -0.39 is 0 Å². The molecule has 0 N–H and O–H groups in total. The Morgan fingerprint density at radius 3 is 0.738 bits per heavy atom. The quantitative estimate of drug-likeness (QED) is 0.111. The molecule has 29 rings (SSSR count). The summed E-state index contributed by atoms with van der Waals surface area (Å²) in [6.07, 6.45) is 0. The highest BCUT2D eigenvalue weighted by molar-refractivity contribution is 6.13. The molecule has 0 saturated carbocycles. The first-order valence-corrected chi connectivity index (χ1v) is 48.8. The van der Waals surface area contributed by atoms with Crippen molar-refractivity contribution in [3.05, 3.63) is 510 Å². The van der Waals surface area contributed by atoms with E-state index in [0.717, 1.165) is 127 Å². The van der Waals surface area contributed by atoms with Gasteiger partial charge in [0.15, 0.2) is 52.4 Å². The van der Waals surface area contributed by atoms with Crippen LogP contribution in [-0.4, -0.2) is 58.6 Å². The minimum absolute atomic E-state index is 0.643. The van der Waals surface area contributed by atoms with Gasteiger partial charge in [-0.15, -0.1) is 0 Å². The van der Waals surface area contributed by atoms with E-state index in [0.29, 0.717) is 52.4 Å². The van der Waals surface area contributed by atoms with E-state index in [4.69, 9.17) is 44.9 Å². The molecule has 23 aromatic carbocycles. The van der Waals surface area contributed by atoms with Crippen molar-refractivity contribution in [1.29, 1.82) is 0 Å². The lowest BCUT2D eigenvalue weighted by Crippen LogP contribution is -2.01. The van der Waals surface area contributed by atoms with Crippen LogP contribution in [0.25, 0.3) is 272 Å². The number of fused-ring (bicyclic) bond motifs is 16. The van der Waals surface area contributed by atoms with Gasteiger partial charge in [-0.1, -0.05) is 406 Å². The molecular weight excluding hydrogens is 1770 g/mol.